The molecule has 0 saturated heterocycles. The van der Waals surface area contributed by atoms with Crippen LogP contribution in [-0.4, -0.2) is 20.3 Å². The highest BCUT2D eigenvalue weighted by atomic mass is 16.5. The number of hydrogen-bond donors (Lipinski definition) is 1. The average Bonchev–Trinajstić information content (AvgIpc) is 2.55. The van der Waals surface area contributed by atoms with Gasteiger partial charge in [-0.05, 0) is 42.1 Å². The summed E-state index contributed by atoms with van der Waals surface area (Å²) in [5.41, 5.74) is 8.28. The van der Waals surface area contributed by atoms with Crippen molar-refractivity contribution in [2.45, 2.75) is 13.0 Å². The van der Waals surface area contributed by atoms with E-state index in [0.29, 0.717) is 25.7 Å². The van der Waals surface area contributed by atoms with Gasteiger partial charge in [0, 0.05) is 0 Å². The lowest BCUT2D eigenvalue weighted by molar-refractivity contribution is 0.0892. The van der Waals surface area contributed by atoms with Crippen molar-refractivity contribution in [3.63, 3.8) is 0 Å². The third-order valence-electron chi connectivity index (χ3n) is 3.46. The summed E-state index contributed by atoms with van der Waals surface area (Å²) in [4.78, 5) is 0. The van der Waals surface area contributed by atoms with Crippen molar-refractivity contribution in [3.05, 3.63) is 65.7 Å². The lowest BCUT2D eigenvalue weighted by Gasteiger charge is -2.15. The summed E-state index contributed by atoms with van der Waals surface area (Å²) in [6, 6.07) is 18.3. The first kappa shape index (κ1) is 15.5. The number of benzene rings is 2. The minimum atomic E-state index is 0.320. The second-order valence-electron chi connectivity index (χ2n) is 5.16. The molecule has 0 amide bonds. The summed E-state index contributed by atoms with van der Waals surface area (Å²) < 4.78 is 11.0. The van der Waals surface area contributed by atoms with E-state index in [4.69, 9.17) is 15.2 Å². The fourth-order valence-corrected chi connectivity index (χ4v) is 2.26. The van der Waals surface area contributed by atoms with Gasteiger partial charge >= 0.3 is 0 Å². The molecule has 1 unspecified atom stereocenters. The summed E-state index contributed by atoms with van der Waals surface area (Å²) in [6.45, 7) is 1.92. The van der Waals surface area contributed by atoms with E-state index >= 15 is 0 Å². The zero-order valence-corrected chi connectivity index (χ0v) is 12.5. The third kappa shape index (κ3) is 5.21. The van der Waals surface area contributed by atoms with E-state index in [-0.39, 0.29) is 0 Å². The van der Waals surface area contributed by atoms with Crippen LogP contribution in [0.1, 0.15) is 11.1 Å². The molecule has 0 aliphatic rings. The van der Waals surface area contributed by atoms with Crippen LogP contribution in [0.2, 0.25) is 0 Å². The first-order chi connectivity index (χ1) is 10.3. The minimum Gasteiger partial charge on any atom is -0.497 e. The number of hydrogen-bond acceptors (Lipinski definition) is 3. The Balaban J connectivity index is 1.82. The van der Waals surface area contributed by atoms with Gasteiger partial charge in [-0.3, -0.25) is 0 Å². The van der Waals surface area contributed by atoms with E-state index in [0.717, 1.165) is 12.2 Å². The van der Waals surface area contributed by atoms with E-state index in [2.05, 4.69) is 24.3 Å². The molecule has 0 spiro atoms. The Bertz CT molecular complexity index is 528. The van der Waals surface area contributed by atoms with Crippen LogP contribution in [0.5, 0.6) is 5.75 Å². The maximum Gasteiger partial charge on any atom is 0.119 e. The van der Waals surface area contributed by atoms with Crippen LogP contribution >= 0.6 is 0 Å². The molecule has 0 fully saturated rings. The predicted octanol–water partition coefficient (Wildman–Crippen LogP) is 3.03. The summed E-state index contributed by atoms with van der Waals surface area (Å²) in [7, 11) is 1.68. The molecular formula is C18H23NO2. The van der Waals surface area contributed by atoms with Gasteiger partial charge in [0.15, 0.2) is 0 Å². The van der Waals surface area contributed by atoms with Crippen LogP contribution in [0.4, 0.5) is 0 Å². The van der Waals surface area contributed by atoms with Crippen molar-refractivity contribution >= 4 is 0 Å². The average molecular weight is 285 g/mol. The van der Waals surface area contributed by atoms with Gasteiger partial charge in [0.05, 0.1) is 20.3 Å². The highest BCUT2D eigenvalue weighted by molar-refractivity contribution is 5.28. The second kappa shape index (κ2) is 8.45. The standard InChI is InChI=1S/C18H23NO2/c1-20-18-9-5-8-16(11-18)10-17(12-19)14-21-13-15-6-3-2-4-7-15/h2-9,11,17H,10,12-14,19H2,1H3. The lowest BCUT2D eigenvalue weighted by atomic mass is 10.00. The Kier molecular flexibility index (Phi) is 6.25. The normalized spacial score (nSPS) is 12.1. The topological polar surface area (TPSA) is 44.5 Å². The van der Waals surface area contributed by atoms with E-state index in [1.54, 1.807) is 7.11 Å². The van der Waals surface area contributed by atoms with Gasteiger partial charge < -0.3 is 15.2 Å². The van der Waals surface area contributed by atoms with Crippen LogP contribution in [0.15, 0.2) is 54.6 Å². The van der Waals surface area contributed by atoms with E-state index in [1.807, 2.05) is 30.3 Å². The number of rotatable bonds is 8. The zero-order chi connectivity index (χ0) is 14.9. The molecule has 2 N–H and O–H groups in total. The van der Waals surface area contributed by atoms with E-state index < -0.39 is 0 Å². The van der Waals surface area contributed by atoms with Gasteiger partial charge in [-0.25, -0.2) is 0 Å². The fraction of sp³-hybridized carbons (Fsp3) is 0.333. The van der Waals surface area contributed by atoms with Crippen LogP contribution in [0.3, 0.4) is 0 Å². The molecule has 0 heterocycles. The first-order valence-electron chi connectivity index (χ1n) is 7.26. The maximum absolute atomic E-state index is 5.86. The number of methoxy groups -OCH3 is 1. The fourth-order valence-electron chi connectivity index (χ4n) is 2.26. The molecule has 2 rings (SSSR count). The highest BCUT2D eigenvalue weighted by Gasteiger charge is 2.09. The van der Waals surface area contributed by atoms with Crippen LogP contribution in [0.25, 0.3) is 0 Å². The second-order valence-corrected chi connectivity index (χ2v) is 5.16. The Morgan fingerprint density at radius 1 is 1.00 bits per heavy atom. The molecule has 0 aliphatic heterocycles. The van der Waals surface area contributed by atoms with Crippen LogP contribution in [-0.2, 0) is 17.8 Å². The Morgan fingerprint density at radius 2 is 1.76 bits per heavy atom. The number of ether oxygens (including phenoxy) is 2. The molecule has 0 aromatic heterocycles. The first-order valence-corrected chi connectivity index (χ1v) is 7.26. The SMILES string of the molecule is COc1cccc(CC(CN)COCc2ccccc2)c1. The molecule has 3 nitrogen and oxygen atoms in total. The predicted molar refractivity (Wildman–Crippen MR) is 85.3 cm³/mol. The Labute approximate surface area is 126 Å². The summed E-state index contributed by atoms with van der Waals surface area (Å²) in [5.74, 6) is 1.20. The van der Waals surface area contributed by atoms with Crippen molar-refractivity contribution in [2.75, 3.05) is 20.3 Å². The van der Waals surface area contributed by atoms with Crippen molar-refractivity contribution in [2.24, 2.45) is 11.7 Å². The molecule has 1 atom stereocenters. The van der Waals surface area contributed by atoms with E-state index in [9.17, 15) is 0 Å². The van der Waals surface area contributed by atoms with Crippen molar-refractivity contribution < 1.29 is 9.47 Å². The van der Waals surface area contributed by atoms with Gasteiger partial charge in [0.25, 0.3) is 0 Å². The molecule has 0 aliphatic carbocycles. The van der Waals surface area contributed by atoms with Crippen LogP contribution < -0.4 is 10.5 Å². The van der Waals surface area contributed by atoms with E-state index in [1.165, 1.54) is 11.1 Å². The molecule has 0 radical (unpaired) electrons. The summed E-state index contributed by atoms with van der Waals surface area (Å²) in [5, 5.41) is 0. The lowest BCUT2D eigenvalue weighted by Crippen LogP contribution is -2.22. The van der Waals surface area contributed by atoms with Gasteiger partial charge in [-0.15, -0.1) is 0 Å². The number of nitrogens with two attached hydrogens (primary N) is 1. The smallest absolute Gasteiger partial charge is 0.119 e. The van der Waals surface area contributed by atoms with Crippen molar-refractivity contribution in [3.8, 4) is 5.75 Å². The molecule has 0 bridgehead atoms. The van der Waals surface area contributed by atoms with Crippen molar-refractivity contribution in [1.29, 1.82) is 0 Å². The quantitative estimate of drug-likeness (QED) is 0.811. The zero-order valence-electron chi connectivity index (χ0n) is 12.5. The molecule has 2 aromatic carbocycles. The Morgan fingerprint density at radius 3 is 2.48 bits per heavy atom. The molecular weight excluding hydrogens is 262 g/mol. The molecule has 0 saturated carbocycles. The Hall–Kier alpha value is -1.84. The summed E-state index contributed by atoms with van der Waals surface area (Å²) >= 11 is 0. The minimum absolute atomic E-state index is 0.320. The van der Waals surface area contributed by atoms with Gasteiger partial charge in [-0.2, -0.15) is 0 Å². The monoisotopic (exact) mass is 285 g/mol. The third-order valence-corrected chi connectivity index (χ3v) is 3.46. The maximum atomic E-state index is 5.86. The summed E-state index contributed by atoms with van der Waals surface area (Å²) in [6.07, 6.45) is 0.905. The highest BCUT2D eigenvalue weighted by Crippen LogP contribution is 2.16. The van der Waals surface area contributed by atoms with Gasteiger partial charge in [0.2, 0.25) is 0 Å². The largest absolute Gasteiger partial charge is 0.497 e. The molecule has 112 valence electrons. The van der Waals surface area contributed by atoms with Gasteiger partial charge in [-0.1, -0.05) is 42.5 Å². The van der Waals surface area contributed by atoms with Crippen molar-refractivity contribution in [1.82, 2.24) is 0 Å². The molecule has 21 heavy (non-hydrogen) atoms. The molecule has 2 aromatic rings. The van der Waals surface area contributed by atoms with Gasteiger partial charge in [0.1, 0.15) is 5.75 Å². The van der Waals surface area contributed by atoms with Crippen LogP contribution in [0, 0.1) is 5.92 Å². The molecule has 3 heteroatoms.